The molecule has 4 aliphatic carbocycles. The van der Waals surface area contributed by atoms with Gasteiger partial charge in [-0.2, -0.15) is 5.26 Å². The van der Waals surface area contributed by atoms with Gasteiger partial charge in [-0.3, -0.25) is 0 Å². The number of hydrogen-bond donors (Lipinski definition) is 0. The summed E-state index contributed by atoms with van der Waals surface area (Å²) in [6, 6.07) is 86.2. The Bertz CT molecular complexity index is 5360. The molecule has 0 unspecified atom stereocenters. The number of aromatic nitrogens is 1. The van der Waals surface area contributed by atoms with Gasteiger partial charge in [-0.15, -0.1) is 0 Å². The molecule has 2 spiro atoms. The molecule has 0 radical (unpaired) electrons. The van der Waals surface area contributed by atoms with Crippen LogP contribution in [0.2, 0.25) is 0 Å². The van der Waals surface area contributed by atoms with Crippen molar-refractivity contribution in [3.8, 4) is 72.8 Å². The van der Waals surface area contributed by atoms with Crippen LogP contribution in [0.5, 0.6) is 0 Å². The van der Waals surface area contributed by atoms with Gasteiger partial charge in [0.2, 0.25) is 0 Å². The van der Waals surface area contributed by atoms with E-state index in [9.17, 15) is 11.8 Å². The van der Waals surface area contributed by atoms with Crippen molar-refractivity contribution in [1.82, 2.24) is 4.40 Å². The lowest BCUT2D eigenvalue weighted by molar-refractivity contribution is 0.573. The van der Waals surface area contributed by atoms with Crippen LogP contribution in [0, 0.1) is 17.9 Å². The van der Waals surface area contributed by atoms with E-state index in [2.05, 4.69) is 276 Å². The third-order valence-electron chi connectivity index (χ3n) is 20.2. The third kappa shape index (κ3) is 5.70. The van der Waals surface area contributed by atoms with Crippen LogP contribution >= 0.6 is 0 Å². The van der Waals surface area contributed by atoms with E-state index in [1.807, 2.05) is 0 Å². The molecule has 0 aliphatic heterocycles. The van der Waals surface area contributed by atoms with Crippen molar-refractivity contribution in [2.75, 3.05) is 0 Å². The van der Waals surface area contributed by atoms with Gasteiger partial charge in [0.25, 0.3) is 0 Å². The van der Waals surface area contributed by atoms with E-state index in [1.165, 1.54) is 88.5 Å². The van der Waals surface area contributed by atoms with Crippen LogP contribution in [-0.2, 0) is 21.7 Å². The Kier molecular flexibility index (Phi) is 9.23. The van der Waals surface area contributed by atoms with Gasteiger partial charge in [0.05, 0.1) is 40.1 Å². The molecule has 0 saturated heterocycles. The molecule has 0 bridgehead atoms. The van der Waals surface area contributed by atoms with Crippen molar-refractivity contribution < 1.29 is 0 Å². The summed E-state index contributed by atoms with van der Waals surface area (Å²) in [7, 11) is 0. The van der Waals surface area contributed by atoms with Crippen LogP contribution in [0.4, 0.5) is 5.69 Å². The van der Waals surface area contributed by atoms with Gasteiger partial charge in [0.15, 0.2) is 5.69 Å². The summed E-state index contributed by atoms with van der Waals surface area (Å²) in [6.45, 7) is 23.7. The van der Waals surface area contributed by atoms with Crippen LogP contribution in [0.15, 0.2) is 224 Å². The average Bonchev–Trinajstić information content (AvgIpc) is 1.50. The number of nitrogens with zero attached hydrogens (tertiary/aromatic N) is 3. The number of nitriles is 1. The Morgan fingerprint density at radius 2 is 0.847 bits per heavy atom. The van der Waals surface area contributed by atoms with E-state index in [0.29, 0.717) is 11.3 Å². The summed E-state index contributed by atoms with van der Waals surface area (Å²) in [5, 5.41) is 19.3. The molecule has 3 heteroatoms. The Balaban J connectivity index is 1.13. The minimum Gasteiger partial charge on any atom is -0.309 e. The molecule has 4 aliphatic rings. The maximum atomic E-state index is 12.3. The minimum absolute atomic E-state index is 0.184. The quantitative estimate of drug-likeness (QED) is 0.159. The molecule has 14 aromatic rings. The largest absolute Gasteiger partial charge is 0.309 e. The highest BCUT2D eigenvalue weighted by atomic mass is 14.9. The third-order valence-corrected chi connectivity index (χ3v) is 20.2. The smallest absolute Gasteiger partial charge is 0.194 e. The van der Waals surface area contributed by atoms with Gasteiger partial charge < -0.3 is 4.40 Å². The van der Waals surface area contributed by atoms with E-state index >= 15 is 0 Å². The predicted octanol–water partition coefficient (Wildman–Crippen LogP) is 21.0. The second-order valence-electron chi connectivity index (χ2n) is 26.3. The minimum atomic E-state index is -0.809. The molecule has 0 amide bonds. The Morgan fingerprint density at radius 1 is 0.400 bits per heavy atom. The molecule has 18 rings (SSSR count). The summed E-state index contributed by atoms with van der Waals surface area (Å²) in [5.74, 6) is 0. The molecule has 2 heterocycles. The molecular weight excluding hydrogens is 1030 g/mol. The first-order valence-electron chi connectivity index (χ1n) is 29.8. The SMILES string of the molecule is [C-]#[N+]c1cc2c(c3c1C1(c4ccccc4-c4ccccc41)c1cccc(-c4ccccc4)c1-3)c1cc3c(C(C)(C)C)cc(C(C)(C)C)cc3c3c4c5c(c(C#N)cc4n2c13)C1(c2ccccc2-c2ccccc21)c1cccc(-c2ccccc2)c1-5. The van der Waals surface area contributed by atoms with Gasteiger partial charge in [-0.25, -0.2) is 4.85 Å². The van der Waals surface area contributed by atoms with Gasteiger partial charge >= 0.3 is 0 Å². The van der Waals surface area contributed by atoms with E-state index in [-0.39, 0.29) is 10.8 Å². The maximum Gasteiger partial charge on any atom is 0.194 e. The Morgan fingerprint density at radius 3 is 1.33 bits per heavy atom. The summed E-state index contributed by atoms with van der Waals surface area (Å²) in [6.07, 6.45) is 0. The lowest BCUT2D eigenvalue weighted by Gasteiger charge is -2.31. The highest BCUT2D eigenvalue weighted by molar-refractivity contribution is 6.37. The van der Waals surface area contributed by atoms with E-state index < -0.39 is 10.8 Å². The van der Waals surface area contributed by atoms with Crippen LogP contribution in [0.3, 0.4) is 0 Å². The van der Waals surface area contributed by atoms with E-state index in [1.54, 1.807) is 0 Å². The molecule has 0 fully saturated rings. The number of rotatable bonds is 2. The van der Waals surface area contributed by atoms with Gasteiger partial charge in [-0.1, -0.05) is 242 Å². The standard InChI is InChI=1S/C82H55N3/c1-79(2,3)49-41-57-56(65(42-49)80(4,5)6)43-58-71-68(44-66(84-7)77-74(71)69-50(46-24-10-8-11-25-46)32-23-39-64(69)82(77)61-36-20-16-30-54(61)55-31-17-21-37-62(55)82)85-67-40-48(45-83)76-75(73(67)72(57)78(58)85)70-51(47-26-12-9-13-27-47)33-22-38-63(70)81(76)59-34-18-14-28-52(59)53-29-15-19-35-60(53)81/h8-44H,1-6H3. The van der Waals surface area contributed by atoms with Crippen molar-refractivity contribution in [3.63, 3.8) is 0 Å². The molecule has 0 saturated carbocycles. The second kappa shape index (κ2) is 16.3. The van der Waals surface area contributed by atoms with Crippen LogP contribution in [-0.4, -0.2) is 4.40 Å². The first-order chi connectivity index (χ1) is 41.4. The number of fused-ring (bicyclic) bond motifs is 30. The van der Waals surface area contributed by atoms with Gasteiger partial charge in [-0.05, 0) is 168 Å². The average molecular weight is 1080 g/mol. The molecule has 0 N–H and O–H groups in total. The van der Waals surface area contributed by atoms with Crippen molar-refractivity contribution >= 4 is 54.6 Å². The molecule has 3 nitrogen and oxygen atoms in total. The summed E-state index contributed by atoms with van der Waals surface area (Å²) < 4.78 is 2.50. The van der Waals surface area contributed by atoms with Crippen molar-refractivity contribution in [1.29, 1.82) is 5.26 Å². The zero-order chi connectivity index (χ0) is 57.2. The topological polar surface area (TPSA) is 32.6 Å². The van der Waals surface area contributed by atoms with Crippen LogP contribution in [0.25, 0.3) is 120 Å². The second-order valence-corrected chi connectivity index (χ2v) is 26.3. The lowest BCUT2D eigenvalue weighted by atomic mass is 9.69. The molecule has 12 aromatic carbocycles. The first kappa shape index (κ1) is 48.2. The Hall–Kier alpha value is -10.3. The molecule has 85 heavy (non-hydrogen) atoms. The summed E-state index contributed by atoms with van der Waals surface area (Å²) in [4.78, 5) is 4.74. The van der Waals surface area contributed by atoms with Crippen LogP contribution < -0.4 is 0 Å². The van der Waals surface area contributed by atoms with Gasteiger partial charge in [0, 0.05) is 27.1 Å². The highest BCUT2D eigenvalue weighted by Gasteiger charge is 2.56. The Labute approximate surface area is 494 Å². The fraction of sp³-hybridized carbons (Fsp3) is 0.122. The first-order valence-corrected chi connectivity index (χ1v) is 29.8. The normalized spacial score (nSPS) is 14.4. The zero-order valence-electron chi connectivity index (χ0n) is 48.2. The maximum absolute atomic E-state index is 12.3. The monoisotopic (exact) mass is 1080 g/mol. The molecule has 398 valence electrons. The van der Waals surface area contributed by atoms with Crippen molar-refractivity contribution in [3.05, 3.63) is 297 Å². The molecular formula is C82H55N3. The van der Waals surface area contributed by atoms with Crippen molar-refractivity contribution in [2.24, 2.45) is 0 Å². The predicted molar refractivity (Wildman–Crippen MR) is 350 cm³/mol. The number of hydrogen-bond acceptors (Lipinski definition) is 1. The van der Waals surface area contributed by atoms with Crippen LogP contribution in [0.1, 0.15) is 103 Å². The molecule has 2 aromatic heterocycles. The molecule has 0 atom stereocenters. The van der Waals surface area contributed by atoms with Gasteiger partial charge in [0.1, 0.15) is 0 Å². The summed E-state index contributed by atoms with van der Waals surface area (Å²) in [5.41, 5.74) is 28.0. The van der Waals surface area contributed by atoms with E-state index in [4.69, 9.17) is 4.85 Å². The van der Waals surface area contributed by atoms with Crippen molar-refractivity contribution in [2.45, 2.75) is 63.2 Å². The zero-order valence-corrected chi connectivity index (χ0v) is 48.2. The van der Waals surface area contributed by atoms with E-state index in [0.717, 1.165) is 82.8 Å². The summed E-state index contributed by atoms with van der Waals surface area (Å²) >= 11 is 0. The highest BCUT2D eigenvalue weighted by Crippen LogP contribution is 2.70. The fourth-order valence-corrected chi connectivity index (χ4v) is 17.1. The lowest BCUT2D eigenvalue weighted by Crippen LogP contribution is -2.27. The fourth-order valence-electron chi connectivity index (χ4n) is 17.1. The number of benzene rings is 12.